The summed E-state index contributed by atoms with van der Waals surface area (Å²) in [7, 11) is 2.24. The predicted molar refractivity (Wildman–Crippen MR) is 76.0 cm³/mol. The third kappa shape index (κ3) is 5.39. The fourth-order valence-corrected chi connectivity index (χ4v) is 3.23. The molecule has 1 rings (SSSR count). The molecule has 0 heterocycles. The van der Waals surface area contributed by atoms with Gasteiger partial charge in [0, 0.05) is 19.1 Å². The summed E-state index contributed by atoms with van der Waals surface area (Å²) in [6, 6.07) is 0.408. The average molecular weight is 240 g/mol. The molecule has 0 bridgehead atoms. The van der Waals surface area contributed by atoms with Gasteiger partial charge in [0.15, 0.2) is 0 Å². The monoisotopic (exact) mass is 240 g/mol. The van der Waals surface area contributed by atoms with E-state index in [4.69, 9.17) is 5.73 Å². The molecule has 2 unspecified atom stereocenters. The van der Waals surface area contributed by atoms with E-state index in [0.29, 0.717) is 22.8 Å². The molecule has 1 aliphatic rings. The first-order valence-corrected chi connectivity index (χ1v) is 7.03. The number of nitrogens with zero attached hydrogens (tertiary/aromatic N) is 1. The Balaban J connectivity index is 2.49. The highest BCUT2D eigenvalue weighted by Crippen LogP contribution is 2.38. The second kappa shape index (κ2) is 5.27. The van der Waals surface area contributed by atoms with Crippen molar-refractivity contribution in [3.05, 3.63) is 0 Å². The van der Waals surface area contributed by atoms with Gasteiger partial charge in [-0.3, -0.25) is 0 Å². The minimum absolute atomic E-state index is 0.378. The van der Waals surface area contributed by atoms with Gasteiger partial charge in [-0.1, -0.05) is 34.6 Å². The van der Waals surface area contributed by atoms with Crippen LogP contribution in [0.3, 0.4) is 0 Å². The molecule has 17 heavy (non-hydrogen) atoms. The molecular formula is C15H32N2. The Morgan fingerprint density at radius 1 is 1.29 bits per heavy atom. The maximum Gasteiger partial charge on any atom is 0.00797 e. The van der Waals surface area contributed by atoms with Crippen LogP contribution in [0.5, 0.6) is 0 Å². The van der Waals surface area contributed by atoms with E-state index in [1.165, 1.54) is 19.3 Å². The van der Waals surface area contributed by atoms with Crippen LogP contribution in [0.4, 0.5) is 0 Å². The van der Waals surface area contributed by atoms with Gasteiger partial charge in [0.1, 0.15) is 0 Å². The predicted octanol–water partition coefficient (Wildman–Crippen LogP) is 3.12. The second-order valence-electron chi connectivity index (χ2n) is 8.09. The van der Waals surface area contributed by atoms with Gasteiger partial charge in [-0.15, -0.1) is 0 Å². The highest BCUT2D eigenvalue weighted by atomic mass is 15.1. The Labute approximate surface area is 108 Å². The van der Waals surface area contributed by atoms with Crippen LogP contribution < -0.4 is 5.73 Å². The van der Waals surface area contributed by atoms with Crippen molar-refractivity contribution in [2.24, 2.45) is 22.5 Å². The molecular weight excluding hydrogens is 208 g/mol. The van der Waals surface area contributed by atoms with E-state index in [1.807, 2.05) is 0 Å². The zero-order valence-electron chi connectivity index (χ0n) is 12.7. The molecule has 1 aliphatic carbocycles. The quantitative estimate of drug-likeness (QED) is 0.821. The molecule has 2 N–H and O–H groups in total. The Kier molecular flexibility index (Phi) is 4.65. The molecule has 0 amide bonds. The maximum absolute atomic E-state index is 6.29. The van der Waals surface area contributed by atoms with Crippen LogP contribution in [-0.2, 0) is 0 Å². The van der Waals surface area contributed by atoms with E-state index in [9.17, 15) is 0 Å². The average Bonchev–Trinajstić information content (AvgIpc) is 2.07. The summed E-state index contributed by atoms with van der Waals surface area (Å²) < 4.78 is 0. The van der Waals surface area contributed by atoms with Crippen molar-refractivity contribution < 1.29 is 0 Å². The largest absolute Gasteiger partial charge is 0.327 e. The molecule has 2 nitrogen and oxygen atoms in total. The van der Waals surface area contributed by atoms with Gasteiger partial charge >= 0.3 is 0 Å². The van der Waals surface area contributed by atoms with Gasteiger partial charge in [-0.05, 0) is 43.1 Å². The molecule has 0 aromatic heterocycles. The lowest BCUT2D eigenvalue weighted by molar-refractivity contribution is 0.111. The van der Waals surface area contributed by atoms with E-state index in [2.05, 4.69) is 46.6 Å². The van der Waals surface area contributed by atoms with Crippen molar-refractivity contribution in [1.29, 1.82) is 0 Å². The lowest BCUT2D eigenvalue weighted by Crippen LogP contribution is -2.45. The van der Waals surface area contributed by atoms with Crippen LogP contribution in [0.2, 0.25) is 0 Å². The topological polar surface area (TPSA) is 29.3 Å². The summed E-state index contributed by atoms with van der Waals surface area (Å²) in [4.78, 5) is 2.46. The molecule has 0 spiro atoms. The van der Waals surface area contributed by atoms with Gasteiger partial charge < -0.3 is 10.6 Å². The Morgan fingerprint density at radius 2 is 1.88 bits per heavy atom. The van der Waals surface area contributed by atoms with Crippen LogP contribution in [0.15, 0.2) is 0 Å². The van der Waals surface area contributed by atoms with E-state index in [0.717, 1.165) is 13.1 Å². The van der Waals surface area contributed by atoms with Crippen molar-refractivity contribution in [3.63, 3.8) is 0 Å². The maximum atomic E-state index is 6.29. The first kappa shape index (κ1) is 15.0. The summed E-state index contributed by atoms with van der Waals surface area (Å²) in [5.41, 5.74) is 7.15. The molecule has 102 valence electrons. The minimum atomic E-state index is 0.378. The van der Waals surface area contributed by atoms with E-state index in [1.54, 1.807) is 0 Å². The van der Waals surface area contributed by atoms with Crippen molar-refractivity contribution in [2.75, 3.05) is 20.1 Å². The first-order chi connectivity index (χ1) is 7.59. The fraction of sp³-hybridized carbons (Fsp3) is 1.00. The second-order valence-corrected chi connectivity index (χ2v) is 8.09. The molecule has 1 fully saturated rings. The zero-order chi connectivity index (χ0) is 13.3. The fourth-order valence-electron chi connectivity index (χ4n) is 3.23. The normalized spacial score (nSPS) is 29.6. The lowest BCUT2D eigenvalue weighted by Gasteiger charge is -2.41. The summed E-state index contributed by atoms with van der Waals surface area (Å²) >= 11 is 0. The molecule has 0 aromatic carbocycles. The molecule has 2 heteroatoms. The molecule has 1 saturated carbocycles. The van der Waals surface area contributed by atoms with Gasteiger partial charge in [0.2, 0.25) is 0 Å². The molecule has 0 aliphatic heterocycles. The third-order valence-electron chi connectivity index (χ3n) is 3.87. The van der Waals surface area contributed by atoms with Crippen LogP contribution in [0.25, 0.3) is 0 Å². The van der Waals surface area contributed by atoms with Crippen molar-refractivity contribution >= 4 is 0 Å². The Bertz CT molecular complexity index is 240. The van der Waals surface area contributed by atoms with E-state index >= 15 is 0 Å². The third-order valence-corrected chi connectivity index (χ3v) is 3.87. The van der Waals surface area contributed by atoms with Crippen molar-refractivity contribution in [3.8, 4) is 0 Å². The van der Waals surface area contributed by atoms with Gasteiger partial charge in [-0.25, -0.2) is 0 Å². The van der Waals surface area contributed by atoms with Crippen molar-refractivity contribution in [2.45, 2.75) is 59.9 Å². The van der Waals surface area contributed by atoms with Crippen LogP contribution in [-0.4, -0.2) is 31.1 Å². The van der Waals surface area contributed by atoms with Gasteiger partial charge in [0.05, 0.1) is 0 Å². The Morgan fingerprint density at radius 3 is 2.41 bits per heavy atom. The highest BCUT2D eigenvalue weighted by molar-refractivity contribution is 4.88. The molecule has 2 atom stereocenters. The van der Waals surface area contributed by atoms with Crippen molar-refractivity contribution in [1.82, 2.24) is 4.90 Å². The molecule has 0 saturated heterocycles. The lowest BCUT2D eigenvalue weighted by atomic mass is 9.70. The first-order valence-electron chi connectivity index (χ1n) is 7.03. The summed E-state index contributed by atoms with van der Waals surface area (Å²) in [5, 5.41) is 0. The number of hydrogen-bond acceptors (Lipinski definition) is 2. The SMILES string of the molecule is CN(CC1CC(C)(C)CCC1N)CC(C)(C)C. The summed E-state index contributed by atoms with van der Waals surface area (Å²) in [5.74, 6) is 0.672. The highest BCUT2D eigenvalue weighted by Gasteiger charge is 2.33. The number of nitrogens with two attached hydrogens (primary N) is 1. The van der Waals surface area contributed by atoms with Crippen LogP contribution >= 0.6 is 0 Å². The summed E-state index contributed by atoms with van der Waals surface area (Å²) in [6.07, 6.45) is 3.76. The van der Waals surface area contributed by atoms with E-state index in [-0.39, 0.29) is 0 Å². The minimum Gasteiger partial charge on any atom is -0.327 e. The molecule has 0 radical (unpaired) electrons. The summed E-state index contributed by atoms with van der Waals surface area (Å²) in [6.45, 7) is 14.0. The van der Waals surface area contributed by atoms with E-state index < -0.39 is 0 Å². The zero-order valence-corrected chi connectivity index (χ0v) is 12.7. The van der Waals surface area contributed by atoms with Gasteiger partial charge in [-0.2, -0.15) is 0 Å². The van der Waals surface area contributed by atoms with Gasteiger partial charge in [0.25, 0.3) is 0 Å². The molecule has 0 aromatic rings. The number of hydrogen-bond donors (Lipinski definition) is 1. The van der Waals surface area contributed by atoms with Crippen LogP contribution in [0.1, 0.15) is 53.9 Å². The standard InChI is InChI=1S/C15H32N2/c1-14(2,3)11-17(6)10-12-9-15(4,5)8-7-13(12)16/h12-13H,7-11,16H2,1-6H3. The Hall–Kier alpha value is -0.0800. The van der Waals surface area contributed by atoms with Crippen LogP contribution in [0, 0.1) is 16.7 Å². The smallest absolute Gasteiger partial charge is 0.00797 e. The number of rotatable bonds is 3.